The summed E-state index contributed by atoms with van der Waals surface area (Å²) in [7, 11) is 0. The molecule has 0 atom stereocenters. The first-order chi connectivity index (χ1) is 13.7. The van der Waals surface area contributed by atoms with Crippen molar-refractivity contribution >= 4 is 5.78 Å². The topological polar surface area (TPSA) is 35.5 Å². The smallest absolute Gasteiger partial charge is 0.192 e. The molecule has 1 aliphatic carbocycles. The van der Waals surface area contributed by atoms with Crippen LogP contribution in [0.15, 0.2) is 54.1 Å². The summed E-state index contributed by atoms with van der Waals surface area (Å²) in [5.41, 5.74) is 1.43. The molecule has 0 amide bonds. The Labute approximate surface area is 170 Å². The van der Waals surface area contributed by atoms with Gasteiger partial charge in [-0.1, -0.05) is 94.9 Å². The van der Waals surface area contributed by atoms with E-state index in [0.717, 1.165) is 12.8 Å². The summed E-state index contributed by atoms with van der Waals surface area (Å²) in [6.45, 7) is 5.80. The van der Waals surface area contributed by atoms with E-state index in [4.69, 9.17) is 9.47 Å². The Morgan fingerprint density at radius 3 is 2.00 bits per heavy atom. The SMILES string of the molecule is CCCCCCOC1(OCCCCCC)C=CC(C(=O)c2ccccc2)=CC1. The maximum Gasteiger partial charge on any atom is 0.192 e. The van der Waals surface area contributed by atoms with Crippen LogP contribution in [-0.4, -0.2) is 24.8 Å². The van der Waals surface area contributed by atoms with Gasteiger partial charge >= 0.3 is 0 Å². The lowest BCUT2D eigenvalue weighted by molar-refractivity contribution is -0.203. The Morgan fingerprint density at radius 2 is 1.50 bits per heavy atom. The van der Waals surface area contributed by atoms with Crippen LogP contribution in [-0.2, 0) is 9.47 Å². The van der Waals surface area contributed by atoms with Gasteiger partial charge in [0.15, 0.2) is 11.6 Å². The maximum absolute atomic E-state index is 12.7. The van der Waals surface area contributed by atoms with Crippen LogP contribution in [0.2, 0.25) is 0 Å². The Balaban J connectivity index is 1.95. The fraction of sp³-hybridized carbons (Fsp3) is 0.560. The molecular weight excluding hydrogens is 348 g/mol. The van der Waals surface area contributed by atoms with Crippen molar-refractivity contribution in [1.82, 2.24) is 0 Å². The largest absolute Gasteiger partial charge is 0.346 e. The number of rotatable bonds is 14. The first kappa shape index (κ1) is 22.6. The molecule has 0 saturated carbocycles. The van der Waals surface area contributed by atoms with Crippen molar-refractivity contribution in [2.45, 2.75) is 77.4 Å². The Kier molecular flexibility index (Phi) is 10.2. The molecule has 0 aromatic heterocycles. The second kappa shape index (κ2) is 12.7. The molecule has 154 valence electrons. The number of benzene rings is 1. The van der Waals surface area contributed by atoms with Gasteiger partial charge in [-0.3, -0.25) is 4.79 Å². The number of hydrogen-bond acceptors (Lipinski definition) is 3. The van der Waals surface area contributed by atoms with Gasteiger partial charge in [0.1, 0.15) is 0 Å². The minimum absolute atomic E-state index is 0.0522. The number of allylic oxidation sites excluding steroid dienone is 2. The first-order valence-electron chi connectivity index (χ1n) is 11.0. The zero-order chi connectivity index (χ0) is 20.1. The van der Waals surface area contributed by atoms with Gasteiger partial charge in [0.25, 0.3) is 0 Å². The lowest BCUT2D eigenvalue weighted by atomic mass is 9.95. The van der Waals surface area contributed by atoms with Crippen molar-refractivity contribution in [3.63, 3.8) is 0 Å². The van der Waals surface area contributed by atoms with Crippen molar-refractivity contribution in [3.05, 3.63) is 59.7 Å². The maximum atomic E-state index is 12.7. The highest BCUT2D eigenvalue weighted by Gasteiger charge is 2.31. The molecule has 0 aliphatic heterocycles. The van der Waals surface area contributed by atoms with E-state index in [1.807, 2.05) is 48.6 Å². The van der Waals surface area contributed by atoms with Crippen LogP contribution in [0, 0.1) is 0 Å². The van der Waals surface area contributed by atoms with E-state index in [9.17, 15) is 4.79 Å². The summed E-state index contributed by atoms with van der Waals surface area (Å²) >= 11 is 0. The van der Waals surface area contributed by atoms with E-state index in [1.165, 1.54) is 38.5 Å². The normalized spacial score (nSPS) is 15.4. The van der Waals surface area contributed by atoms with Crippen molar-refractivity contribution < 1.29 is 14.3 Å². The number of hydrogen-bond donors (Lipinski definition) is 0. The fourth-order valence-corrected chi connectivity index (χ4v) is 3.33. The monoisotopic (exact) mass is 384 g/mol. The van der Waals surface area contributed by atoms with Crippen LogP contribution in [0.1, 0.15) is 82.0 Å². The van der Waals surface area contributed by atoms with Gasteiger partial charge in [0, 0.05) is 17.6 Å². The summed E-state index contributed by atoms with van der Waals surface area (Å²) in [6, 6.07) is 9.42. The van der Waals surface area contributed by atoms with Gasteiger partial charge in [-0.25, -0.2) is 0 Å². The van der Waals surface area contributed by atoms with E-state index < -0.39 is 5.79 Å². The molecule has 0 spiro atoms. The number of carbonyl (C=O) groups is 1. The number of carbonyl (C=O) groups excluding carboxylic acids is 1. The highest BCUT2D eigenvalue weighted by Crippen LogP contribution is 2.29. The third kappa shape index (κ3) is 7.37. The highest BCUT2D eigenvalue weighted by atomic mass is 16.7. The van der Waals surface area contributed by atoms with Crippen molar-refractivity contribution in [2.24, 2.45) is 0 Å². The number of Topliss-reactive ketones (excluding diaryl/α,β-unsaturated/α-hetero) is 1. The molecule has 0 fully saturated rings. The molecule has 0 radical (unpaired) electrons. The zero-order valence-corrected chi connectivity index (χ0v) is 17.6. The molecule has 3 heteroatoms. The summed E-state index contributed by atoms with van der Waals surface area (Å²) in [4.78, 5) is 12.7. The molecule has 0 bridgehead atoms. The van der Waals surface area contributed by atoms with E-state index in [1.54, 1.807) is 0 Å². The second-order valence-corrected chi connectivity index (χ2v) is 7.52. The third-order valence-electron chi connectivity index (χ3n) is 5.11. The van der Waals surface area contributed by atoms with E-state index in [-0.39, 0.29) is 5.78 Å². The fourth-order valence-electron chi connectivity index (χ4n) is 3.33. The molecule has 0 unspecified atom stereocenters. The molecular formula is C25H36O3. The third-order valence-corrected chi connectivity index (χ3v) is 5.11. The average Bonchev–Trinajstić information content (AvgIpc) is 2.74. The van der Waals surface area contributed by atoms with Crippen LogP contribution in [0.4, 0.5) is 0 Å². The van der Waals surface area contributed by atoms with Crippen LogP contribution in [0.25, 0.3) is 0 Å². The molecule has 0 saturated heterocycles. The minimum Gasteiger partial charge on any atom is -0.346 e. The van der Waals surface area contributed by atoms with E-state index in [2.05, 4.69) is 13.8 Å². The summed E-state index contributed by atoms with van der Waals surface area (Å²) in [5, 5.41) is 0. The second-order valence-electron chi connectivity index (χ2n) is 7.52. The average molecular weight is 385 g/mol. The predicted octanol–water partition coefficient (Wildman–Crippen LogP) is 6.65. The summed E-state index contributed by atoms with van der Waals surface area (Å²) < 4.78 is 12.4. The van der Waals surface area contributed by atoms with Crippen LogP contribution >= 0.6 is 0 Å². The van der Waals surface area contributed by atoms with Gasteiger partial charge < -0.3 is 9.47 Å². The van der Waals surface area contributed by atoms with Crippen LogP contribution in [0.5, 0.6) is 0 Å². The Hall–Kier alpha value is -1.71. The Bertz CT molecular complexity index is 616. The molecule has 2 rings (SSSR count). The Morgan fingerprint density at radius 1 is 0.893 bits per heavy atom. The van der Waals surface area contributed by atoms with Crippen LogP contribution in [0.3, 0.4) is 0 Å². The first-order valence-corrected chi connectivity index (χ1v) is 11.0. The number of ketones is 1. The number of unbranched alkanes of at least 4 members (excludes halogenated alkanes) is 6. The van der Waals surface area contributed by atoms with Crippen molar-refractivity contribution in [1.29, 1.82) is 0 Å². The van der Waals surface area contributed by atoms with E-state index >= 15 is 0 Å². The zero-order valence-electron chi connectivity index (χ0n) is 17.6. The van der Waals surface area contributed by atoms with Gasteiger partial charge in [0.2, 0.25) is 0 Å². The summed E-state index contributed by atoms with van der Waals surface area (Å²) in [5.74, 6) is -0.671. The minimum atomic E-state index is -0.723. The number of ether oxygens (including phenoxy) is 2. The molecule has 0 N–H and O–H groups in total. The predicted molar refractivity (Wildman–Crippen MR) is 116 cm³/mol. The van der Waals surface area contributed by atoms with E-state index in [0.29, 0.717) is 30.8 Å². The van der Waals surface area contributed by atoms with Crippen molar-refractivity contribution in [3.8, 4) is 0 Å². The molecule has 0 heterocycles. The van der Waals surface area contributed by atoms with Gasteiger partial charge in [-0.15, -0.1) is 0 Å². The molecule has 1 aromatic carbocycles. The summed E-state index contributed by atoms with van der Waals surface area (Å²) in [6.07, 6.45) is 15.7. The van der Waals surface area contributed by atoms with Gasteiger partial charge in [0.05, 0.1) is 13.2 Å². The lowest BCUT2D eigenvalue weighted by Crippen LogP contribution is -2.36. The van der Waals surface area contributed by atoms with Gasteiger partial charge in [-0.2, -0.15) is 0 Å². The standard InChI is InChI=1S/C25H36O3/c1-3-5-7-12-20-27-25(28-21-13-8-6-4-2)18-16-23(17-19-25)24(26)22-14-10-9-11-15-22/h9-11,14-18H,3-8,12-13,19-21H2,1-2H3. The van der Waals surface area contributed by atoms with Crippen molar-refractivity contribution in [2.75, 3.05) is 13.2 Å². The molecule has 1 aliphatic rings. The highest BCUT2D eigenvalue weighted by molar-refractivity contribution is 6.10. The quantitative estimate of drug-likeness (QED) is 0.205. The van der Waals surface area contributed by atoms with Crippen LogP contribution < -0.4 is 0 Å². The molecule has 1 aromatic rings. The lowest BCUT2D eigenvalue weighted by Gasteiger charge is -2.32. The molecule has 3 nitrogen and oxygen atoms in total. The molecule has 28 heavy (non-hydrogen) atoms. The van der Waals surface area contributed by atoms with Gasteiger partial charge in [-0.05, 0) is 18.9 Å².